The Labute approximate surface area is 122 Å². The fourth-order valence-electron chi connectivity index (χ4n) is 2.65. The Morgan fingerprint density at radius 1 is 1.35 bits per heavy atom. The van der Waals surface area contributed by atoms with Gasteiger partial charge in [-0.25, -0.2) is 16.8 Å². The Bertz CT molecular complexity index is 721. The van der Waals surface area contributed by atoms with Gasteiger partial charge in [-0.15, -0.1) is 11.3 Å². The lowest BCUT2D eigenvalue weighted by atomic mass is 10.2. The molecule has 0 aromatic carbocycles. The van der Waals surface area contributed by atoms with Crippen molar-refractivity contribution < 1.29 is 21.6 Å². The maximum atomic E-state index is 12.6. The zero-order chi connectivity index (χ0) is 14.5. The van der Waals surface area contributed by atoms with E-state index in [0.29, 0.717) is 0 Å². The van der Waals surface area contributed by atoms with Crippen molar-refractivity contribution >= 4 is 31.2 Å². The van der Waals surface area contributed by atoms with Crippen LogP contribution in [0.1, 0.15) is 4.88 Å². The van der Waals surface area contributed by atoms with E-state index in [0.717, 1.165) is 4.88 Å². The SMILES string of the molecule is Cc1ccc(S(=O)(=O)N2CCOC3CS(=O)(=O)CC32)s1. The van der Waals surface area contributed by atoms with Gasteiger partial charge < -0.3 is 4.74 Å². The number of hydrogen-bond donors (Lipinski definition) is 0. The molecule has 0 saturated carbocycles. The minimum atomic E-state index is -3.64. The maximum Gasteiger partial charge on any atom is 0.253 e. The maximum absolute atomic E-state index is 12.6. The van der Waals surface area contributed by atoms with Gasteiger partial charge in [-0.05, 0) is 19.1 Å². The first-order valence-corrected chi connectivity index (χ1v) is 10.3. The smallest absolute Gasteiger partial charge is 0.253 e. The molecule has 6 nitrogen and oxygen atoms in total. The lowest BCUT2D eigenvalue weighted by molar-refractivity contribution is -0.0141. The Kier molecular flexibility index (Phi) is 3.45. The Balaban J connectivity index is 1.97. The van der Waals surface area contributed by atoms with E-state index in [2.05, 4.69) is 0 Å². The number of morpholine rings is 1. The van der Waals surface area contributed by atoms with Gasteiger partial charge in [-0.3, -0.25) is 0 Å². The fraction of sp³-hybridized carbons (Fsp3) is 0.636. The van der Waals surface area contributed by atoms with Gasteiger partial charge in [0.15, 0.2) is 9.84 Å². The molecule has 1 aromatic rings. The average Bonchev–Trinajstić information content (AvgIpc) is 2.90. The van der Waals surface area contributed by atoms with Gasteiger partial charge in [0.05, 0.1) is 30.3 Å². The molecular weight excluding hydrogens is 322 g/mol. The fourth-order valence-corrected chi connectivity index (χ4v) is 7.66. The van der Waals surface area contributed by atoms with E-state index in [1.165, 1.54) is 15.6 Å². The third-order valence-electron chi connectivity index (χ3n) is 3.56. The molecule has 2 saturated heterocycles. The molecule has 0 spiro atoms. The minimum Gasteiger partial charge on any atom is -0.374 e. The van der Waals surface area contributed by atoms with Crippen molar-refractivity contribution in [2.45, 2.75) is 23.3 Å². The second-order valence-electron chi connectivity index (χ2n) is 5.03. The van der Waals surface area contributed by atoms with E-state index in [9.17, 15) is 16.8 Å². The predicted octanol–water partition coefficient (Wildman–Crippen LogP) is 0.243. The van der Waals surface area contributed by atoms with E-state index in [4.69, 9.17) is 4.74 Å². The number of ether oxygens (including phenoxy) is 1. The molecule has 20 heavy (non-hydrogen) atoms. The number of rotatable bonds is 2. The summed E-state index contributed by atoms with van der Waals surface area (Å²) < 4.78 is 55.7. The molecule has 1 aromatic heterocycles. The molecule has 0 amide bonds. The average molecular weight is 337 g/mol. The van der Waals surface area contributed by atoms with Gasteiger partial charge in [0, 0.05) is 11.4 Å². The molecule has 2 fully saturated rings. The summed E-state index contributed by atoms with van der Waals surface area (Å²) in [6.45, 7) is 2.28. The van der Waals surface area contributed by atoms with Gasteiger partial charge >= 0.3 is 0 Å². The van der Waals surface area contributed by atoms with Gasteiger partial charge in [0.2, 0.25) is 0 Å². The van der Waals surface area contributed by atoms with Crippen molar-refractivity contribution in [3.05, 3.63) is 17.0 Å². The number of aryl methyl sites for hydroxylation is 1. The molecule has 2 aliphatic heterocycles. The lowest BCUT2D eigenvalue weighted by Crippen LogP contribution is -2.52. The Morgan fingerprint density at radius 3 is 2.75 bits per heavy atom. The van der Waals surface area contributed by atoms with Crippen molar-refractivity contribution in [3.63, 3.8) is 0 Å². The Hall–Kier alpha value is -0.480. The lowest BCUT2D eigenvalue weighted by Gasteiger charge is -2.35. The van der Waals surface area contributed by atoms with Crippen molar-refractivity contribution in [3.8, 4) is 0 Å². The first-order chi connectivity index (χ1) is 9.29. The Morgan fingerprint density at radius 2 is 2.10 bits per heavy atom. The van der Waals surface area contributed by atoms with Gasteiger partial charge in [-0.2, -0.15) is 4.31 Å². The zero-order valence-corrected chi connectivity index (χ0v) is 13.3. The van der Waals surface area contributed by atoms with Crippen LogP contribution in [-0.4, -0.2) is 57.9 Å². The van der Waals surface area contributed by atoms with Crippen LogP contribution < -0.4 is 0 Å². The van der Waals surface area contributed by atoms with E-state index >= 15 is 0 Å². The molecule has 112 valence electrons. The summed E-state index contributed by atoms with van der Waals surface area (Å²) in [5, 5.41) is 0. The molecule has 0 aliphatic carbocycles. The normalized spacial score (nSPS) is 30.2. The molecule has 0 N–H and O–H groups in total. The highest BCUT2D eigenvalue weighted by Crippen LogP contribution is 2.32. The largest absolute Gasteiger partial charge is 0.374 e. The van der Waals surface area contributed by atoms with Crippen LogP contribution in [-0.2, 0) is 24.6 Å². The first-order valence-electron chi connectivity index (χ1n) is 6.20. The van der Waals surface area contributed by atoms with E-state index in [1.807, 2.05) is 6.92 Å². The monoisotopic (exact) mass is 337 g/mol. The molecule has 0 radical (unpaired) electrons. The van der Waals surface area contributed by atoms with Crippen LogP contribution in [0.25, 0.3) is 0 Å². The summed E-state index contributed by atoms with van der Waals surface area (Å²) in [5.41, 5.74) is 0. The number of thiophene rings is 1. The van der Waals surface area contributed by atoms with Crippen LogP contribution in [0.3, 0.4) is 0 Å². The zero-order valence-electron chi connectivity index (χ0n) is 10.9. The molecule has 3 rings (SSSR count). The van der Waals surface area contributed by atoms with E-state index < -0.39 is 32.0 Å². The second kappa shape index (κ2) is 4.77. The van der Waals surface area contributed by atoms with Gasteiger partial charge in [0.1, 0.15) is 4.21 Å². The van der Waals surface area contributed by atoms with Crippen LogP contribution in [0.15, 0.2) is 16.3 Å². The predicted molar refractivity (Wildman–Crippen MR) is 75.1 cm³/mol. The van der Waals surface area contributed by atoms with Gasteiger partial charge in [-0.1, -0.05) is 0 Å². The number of sulfone groups is 1. The first kappa shape index (κ1) is 14.5. The van der Waals surface area contributed by atoms with Crippen molar-refractivity contribution in [1.29, 1.82) is 0 Å². The molecule has 2 unspecified atom stereocenters. The van der Waals surface area contributed by atoms with Crippen LogP contribution in [0.5, 0.6) is 0 Å². The molecule has 9 heteroatoms. The number of nitrogens with zero attached hydrogens (tertiary/aromatic N) is 1. The highest BCUT2D eigenvalue weighted by Gasteiger charge is 2.48. The topological polar surface area (TPSA) is 80.8 Å². The third kappa shape index (κ3) is 2.41. The summed E-state index contributed by atoms with van der Waals surface area (Å²) in [4.78, 5) is 0.910. The van der Waals surface area contributed by atoms with Crippen molar-refractivity contribution in [1.82, 2.24) is 4.31 Å². The molecular formula is C11H15NO5S3. The summed E-state index contributed by atoms with van der Waals surface area (Å²) in [5.74, 6) is -0.242. The minimum absolute atomic E-state index is 0.0901. The molecule has 0 bridgehead atoms. The third-order valence-corrected chi connectivity index (χ3v) is 8.64. The summed E-state index contributed by atoms with van der Waals surface area (Å²) in [6, 6.07) is 2.73. The highest BCUT2D eigenvalue weighted by atomic mass is 32.2. The quantitative estimate of drug-likeness (QED) is 0.772. The summed E-state index contributed by atoms with van der Waals surface area (Å²) in [7, 11) is -6.86. The van der Waals surface area contributed by atoms with Crippen molar-refractivity contribution in [2.75, 3.05) is 24.7 Å². The second-order valence-corrected chi connectivity index (χ2v) is 10.6. The van der Waals surface area contributed by atoms with E-state index in [1.54, 1.807) is 12.1 Å². The standard InChI is InChI=1S/C11H15NO5S3/c1-8-2-3-11(18-8)20(15,16)12-4-5-17-10-7-19(13,14)6-9(10)12/h2-3,9-10H,4-7H2,1H3. The molecule has 2 aliphatic rings. The van der Waals surface area contributed by atoms with Crippen LogP contribution in [0.2, 0.25) is 0 Å². The van der Waals surface area contributed by atoms with Gasteiger partial charge in [0.25, 0.3) is 10.0 Å². The van der Waals surface area contributed by atoms with Crippen molar-refractivity contribution in [2.24, 2.45) is 0 Å². The summed E-state index contributed by atoms with van der Waals surface area (Å²) >= 11 is 1.20. The van der Waals surface area contributed by atoms with Crippen LogP contribution in [0, 0.1) is 6.92 Å². The van der Waals surface area contributed by atoms with E-state index in [-0.39, 0.29) is 28.9 Å². The molecule has 3 heterocycles. The summed E-state index contributed by atoms with van der Waals surface area (Å²) in [6.07, 6.45) is -0.537. The van der Waals surface area contributed by atoms with Crippen LogP contribution in [0.4, 0.5) is 0 Å². The highest BCUT2D eigenvalue weighted by molar-refractivity contribution is 7.92. The number of hydrogen-bond acceptors (Lipinski definition) is 6. The van der Waals surface area contributed by atoms with Crippen LogP contribution >= 0.6 is 11.3 Å². The number of sulfonamides is 1. The molecule has 2 atom stereocenters. The number of fused-ring (bicyclic) bond motifs is 1.